The van der Waals surface area contributed by atoms with E-state index in [2.05, 4.69) is 11.1 Å². The molecular formula is C10H12N2O2. The molecule has 0 amide bonds. The summed E-state index contributed by atoms with van der Waals surface area (Å²) in [5.41, 5.74) is 1.37. The number of hydrogen-bond donors (Lipinski definition) is 0. The number of aryl methyl sites for hydroxylation is 1. The first kappa shape index (κ1) is 10.3. The lowest BCUT2D eigenvalue weighted by molar-refractivity contribution is 0.363. The predicted molar refractivity (Wildman–Crippen MR) is 51.4 cm³/mol. The van der Waals surface area contributed by atoms with Crippen molar-refractivity contribution in [3.8, 4) is 17.8 Å². The summed E-state index contributed by atoms with van der Waals surface area (Å²) in [5, 5.41) is 8.91. The van der Waals surface area contributed by atoms with Crippen molar-refractivity contribution in [1.29, 1.82) is 5.26 Å². The van der Waals surface area contributed by atoms with Gasteiger partial charge in [-0.3, -0.25) is 0 Å². The molecule has 1 rings (SSSR count). The van der Waals surface area contributed by atoms with Gasteiger partial charge in [0.2, 0.25) is 11.8 Å². The molecule has 0 atom stereocenters. The molecule has 4 heteroatoms. The van der Waals surface area contributed by atoms with Gasteiger partial charge in [0, 0.05) is 6.07 Å². The molecule has 0 aliphatic carbocycles. The fraction of sp³-hybridized carbons (Fsp3) is 0.400. The molecule has 0 N–H and O–H groups in total. The van der Waals surface area contributed by atoms with Crippen molar-refractivity contribution >= 4 is 0 Å². The first-order chi connectivity index (χ1) is 6.76. The second kappa shape index (κ2) is 4.47. The van der Waals surface area contributed by atoms with E-state index in [1.807, 2.05) is 6.92 Å². The van der Waals surface area contributed by atoms with E-state index < -0.39 is 0 Å². The molecule has 0 aliphatic rings. The lowest BCUT2D eigenvalue weighted by atomic mass is 10.1. The highest BCUT2D eigenvalue weighted by Crippen LogP contribution is 2.24. The zero-order valence-corrected chi connectivity index (χ0v) is 8.50. The maximum Gasteiger partial charge on any atom is 0.235 e. The first-order valence-electron chi connectivity index (χ1n) is 4.28. The van der Waals surface area contributed by atoms with Crippen LogP contribution in [0.3, 0.4) is 0 Å². The maximum absolute atomic E-state index is 8.91. The van der Waals surface area contributed by atoms with Crippen LogP contribution in [0.25, 0.3) is 0 Å². The van der Waals surface area contributed by atoms with E-state index in [-0.39, 0.29) is 0 Å². The molecule has 0 spiro atoms. The Morgan fingerprint density at radius 2 is 2.14 bits per heavy atom. The maximum atomic E-state index is 8.91. The predicted octanol–water partition coefficient (Wildman–Crippen LogP) is 1.53. The van der Waals surface area contributed by atoms with E-state index in [1.165, 1.54) is 14.2 Å². The smallest absolute Gasteiger partial charge is 0.235 e. The third-order valence-corrected chi connectivity index (χ3v) is 1.94. The summed E-state index contributed by atoms with van der Waals surface area (Å²) in [6.45, 7) is 1.97. The highest BCUT2D eigenvalue weighted by Gasteiger charge is 2.11. The molecule has 0 saturated carbocycles. The van der Waals surface area contributed by atoms with Gasteiger partial charge in [0.15, 0.2) is 0 Å². The van der Waals surface area contributed by atoms with Crippen molar-refractivity contribution in [2.45, 2.75) is 13.3 Å². The molecule has 0 aliphatic heterocycles. The second-order valence-electron chi connectivity index (χ2n) is 2.67. The van der Waals surface area contributed by atoms with Crippen molar-refractivity contribution in [2.75, 3.05) is 14.2 Å². The van der Waals surface area contributed by atoms with Gasteiger partial charge in [0.1, 0.15) is 11.6 Å². The Kier molecular flexibility index (Phi) is 3.29. The van der Waals surface area contributed by atoms with Crippen molar-refractivity contribution < 1.29 is 9.47 Å². The summed E-state index contributed by atoms with van der Waals surface area (Å²) >= 11 is 0. The standard InChI is InChI=1S/C10H12N2O2/c1-4-7-5-9(13-2)12-10(14-3)8(7)6-11/h5H,4H2,1-3H3. The van der Waals surface area contributed by atoms with Crippen LogP contribution in [0.1, 0.15) is 18.1 Å². The minimum absolute atomic E-state index is 0.323. The highest BCUT2D eigenvalue weighted by atomic mass is 16.5. The molecule has 0 unspecified atom stereocenters. The Labute approximate surface area is 83.1 Å². The number of rotatable bonds is 3. The fourth-order valence-corrected chi connectivity index (χ4v) is 1.20. The van der Waals surface area contributed by atoms with E-state index in [9.17, 15) is 0 Å². The quantitative estimate of drug-likeness (QED) is 0.728. The minimum atomic E-state index is 0.323. The van der Waals surface area contributed by atoms with Crippen LogP contribution in [0, 0.1) is 11.3 Å². The fourth-order valence-electron chi connectivity index (χ4n) is 1.20. The molecule has 0 radical (unpaired) electrons. The van der Waals surface area contributed by atoms with Crippen LogP contribution < -0.4 is 9.47 Å². The van der Waals surface area contributed by atoms with Crippen molar-refractivity contribution in [3.63, 3.8) is 0 Å². The molecule has 0 fully saturated rings. The van der Waals surface area contributed by atoms with Gasteiger partial charge in [-0.25, -0.2) is 0 Å². The average molecular weight is 192 g/mol. The van der Waals surface area contributed by atoms with Crippen LogP contribution in [0.4, 0.5) is 0 Å². The molecular weight excluding hydrogens is 180 g/mol. The van der Waals surface area contributed by atoms with Crippen LogP contribution in [0.2, 0.25) is 0 Å². The third-order valence-electron chi connectivity index (χ3n) is 1.94. The van der Waals surface area contributed by atoms with Gasteiger partial charge in [-0.2, -0.15) is 10.2 Å². The summed E-state index contributed by atoms with van der Waals surface area (Å²) in [6, 6.07) is 3.83. The van der Waals surface area contributed by atoms with Gasteiger partial charge in [-0.05, 0) is 12.0 Å². The molecule has 0 aromatic carbocycles. The Morgan fingerprint density at radius 1 is 1.43 bits per heavy atom. The van der Waals surface area contributed by atoms with Gasteiger partial charge in [-0.1, -0.05) is 6.92 Å². The van der Waals surface area contributed by atoms with Crippen molar-refractivity contribution in [1.82, 2.24) is 4.98 Å². The Balaban J connectivity index is 3.34. The van der Waals surface area contributed by atoms with Gasteiger partial charge in [-0.15, -0.1) is 0 Å². The molecule has 1 aromatic heterocycles. The zero-order chi connectivity index (χ0) is 10.6. The first-order valence-corrected chi connectivity index (χ1v) is 4.28. The van der Waals surface area contributed by atoms with Crippen molar-refractivity contribution in [3.05, 3.63) is 17.2 Å². The number of aromatic nitrogens is 1. The monoisotopic (exact) mass is 192 g/mol. The van der Waals surface area contributed by atoms with Crippen LogP contribution in [0.5, 0.6) is 11.8 Å². The Morgan fingerprint density at radius 3 is 2.57 bits per heavy atom. The summed E-state index contributed by atoms with van der Waals surface area (Å²) in [4.78, 5) is 4.02. The highest BCUT2D eigenvalue weighted by molar-refractivity contribution is 5.47. The van der Waals surface area contributed by atoms with Crippen LogP contribution in [0.15, 0.2) is 6.07 Å². The number of methoxy groups -OCH3 is 2. The molecule has 4 nitrogen and oxygen atoms in total. The van der Waals surface area contributed by atoms with E-state index in [0.29, 0.717) is 17.3 Å². The van der Waals surface area contributed by atoms with Crippen molar-refractivity contribution in [2.24, 2.45) is 0 Å². The zero-order valence-electron chi connectivity index (χ0n) is 8.50. The van der Waals surface area contributed by atoms with Gasteiger partial charge in [0.25, 0.3) is 0 Å². The summed E-state index contributed by atoms with van der Waals surface area (Å²) in [5.74, 6) is 0.793. The lowest BCUT2D eigenvalue weighted by Crippen LogP contribution is -1.99. The molecule has 14 heavy (non-hydrogen) atoms. The normalized spacial score (nSPS) is 9.29. The molecule has 1 heterocycles. The van der Waals surface area contributed by atoms with E-state index in [1.54, 1.807) is 6.07 Å². The SMILES string of the molecule is CCc1cc(OC)nc(OC)c1C#N. The largest absolute Gasteiger partial charge is 0.481 e. The average Bonchev–Trinajstić information content (AvgIpc) is 2.26. The number of nitrogens with zero attached hydrogens (tertiary/aromatic N) is 2. The summed E-state index contributed by atoms with van der Waals surface area (Å²) < 4.78 is 10.0. The summed E-state index contributed by atoms with van der Waals surface area (Å²) in [6.07, 6.45) is 0.748. The van der Waals surface area contributed by atoms with Gasteiger partial charge < -0.3 is 9.47 Å². The third kappa shape index (κ3) is 1.77. The molecule has 0 bridgehead atoms. The number of hydrogen-bond acceptors (Lipinski definition) is 4. The van der Waals surface area contributed by atoms with E-state index in [4.69, 9.17) is 14.7 Å². The number of nitriles is 1. The lowest BCUT2D eigenvalue weighted by Gasteiger charge is -2.08. The van der Waals surface area contributed by atoms with Crippen LogP contribution >= 0.6 is 0 Å². The molecule has 0 saturated heterocycles. The summed E-state index contributed by atoms with van der Waals surface area (Å²) in [7, 11) is 3.02. The number of ether oxygens (including phenoxy) is 2. The van der Waals surface area contributed by atoms with Crippen LogP contribution in [-0.4, -0.2) is 19.2 Å². The van der Waals surface area contributed by atoms with Gasteiger partial charge in [0.05, 0.1) is 14.2 Å². The number of pyridine rings is 1. The minimum Gasteiger partial charge on any atom is -0.481 e. The Bertz CT molecular complexity index is 344. The Hall–Kier alpha value is -1.76. The van der Waals surface area contributed by atoms with Crippen LogP contribution in [-0.2, 0) is 6.42 Å². The van der Waals surface area contributed by atoms with Gasteiger partial charge >= 0.3 is 0 Å². The second-order valence-corrected chi connectivity index (χ2v) is 2.67. The topological polar surface area (TPSA) is 55.1 Å². The van der Waals surface area contributed by atoms with E-state index >= 15 is 0 Å². The van der Waals surface area contributed by atoms with E-state index in [0.717, 1.165) is 12.0 Å². The molecule has 74 valence electrons. The molecule has 1 aromatic rings.